The maximum atomic E-state index is 14.0. The van der Waals surface area contributed by atoms with Gasteiger partial charge in [-0.3, -0.25) is 4.79 Å². The number of pyridine rings is 1. The number of fused-ring (bicyclic) bond motifs is 1. The van der Waals surface area contributed by atoms with E-state index in [-0.39, 0.29) is 12.0 Å². The number of carbonyl (C=O) groups excluding carboxylic acids is 1. The predicted octanol–water partition coefficient (Wildman–Crippen LogP) is 4.68. The minimum atomic E-state index is -0.0998. The van der Waals surface area contributed by atoms with Crippen LogP contribution in [0.5, 0.6) is 17.2 Å². The molecule has 3 aromatic rings. The number of nitrogens with zero attached hydrogens (tertiary/aromatic N) is 3. The lowest BCUT2D eigenvalue weighted by atomic mass is 10.1. The zero-order valence-electron chi connectivity index (χ0n) is 21.9. The van der Waals surface area contributed by atoms with Crippen molar-refractivity contribution < 1.29 is 23.7 Å². The highest BCUT2D eigenvalue weighted by molar-refractivity contribution is 5.97. The molecule has 2 aliphatic heterocycles. The van der Waals surface area contributed by atoms with E-state index < -0.39 is 0 Å². The van der Waals surface area contributed by atoms with Gasteiger partial charge in [0.15, 0.2) is 0 Å². The first kappa shape index (κ1) is 25.1. The first-order valence-corrected chi connectivity index (χ1v) is 12.9. The normalized spacial score (nSPS) is 17.3. The summed E-state index contributed by atoms with van der Waals surface area (Å²) in [7, 11) is 4.84. The molecule has 0 aliphatic carbocycles. The summed E-state index contributed by atoms with van der Waals surface area (Å²) >= 11 is 0. The van der Waals surface area contributed by atoms with Crippen LogP contribution in [-0.2, 0) is 11.3 Å². The minimum absolute atomic E-state index is 0.0149. The van der Waals surface area contributed by atoms with Crippen LogP contribution < -0.4 is 19.1 Å². The van der Waals surface area contributed by atoms with Gasteiger partial charge in [0, 0.05) is 55.9 Å². The Bertz CT molecular complexity index is 1250. The minimum Gasteiger partial charge on any atom is -0.497 e. The first-order chi connectivity index (χ1) is 18.1. The number of hydrogen-bond acceptors (Lipinski definition) is 7. The van der Waals surface area contributed by atoms with Gasteiger partial charge in [-0.25, -0.2) is 4.98 Å². The number of benzene rings is 2. The Morgan fingerprint density at radius 3 is 2.46 bits per heavy atom. The van der Waals surface area contributed by atoms with Crippen LogP contribution in [0.15, 0.2) is 42.5 Å². The fraction of sp³-hybridized carbons (Fsp3) is 0.448. The number of hydrogen-bond donors (Lipinski definition) is 0. The van der Waals surface area contributed by atoms with E-state index in [0.29, 0.717) is 30.2 Å². The lowest BCUT2D eigenvalue weighted by Gasteiger charge is -2.29. The number of rotatable bonds is 9. The van der Waals surface area contributed by atoms with Gasteiger partial charge in [0.25, 0.3) is 5.91 Å². The molecule has 2 aromatic carbocycles. The Morgan fingerprint density at radius 2 is 1.76 bits per heavy atom. The number of methoxy groups -OCH3 is 3. The summed E-state index contributed by atoms with van der Waals surface area (Å²) in [6.07, 6.45) is 4.24. The van der Waals surface area contributed by atoms with Crippen LogP contribution in [0.3, 0.4) is 0 Å². The summed E-state index contributed by atoms with van der Waals surface area (Å²) < 4.78 is 22.3. The van der Waals surface area contributed by atoms with E-state index in [2.05, 4.69) is 11.0 Å². The molecule has 0 saturated carbocycles. The van der Waals surface area contributed by atoms with Crippen molar-refractivity contribution in [1.82, 2.24) is 9.88 Å². The van der Waals surface area contributed by atoms with Crippen molar-refractivity contribution in [3.8, 4) is 17.2 Å². The van der Waals surface area contributed by atoms with E-state index in [1.54, 1.807) is 39.5 Å². The second-order valence-electron chi connectivity index (χ2n) is 9.61. The first-order valence-electron chi connectivity index (χ1n) is 12.9. The van der Waals surface area contributed by atoms with Crippen LogP contribution in [0, 0.1) is 0 Å². The van der Waals surface area contributed by atoms with E-state index in [1.807, 2.05) is 23.1 Å². The molecule has 0 radical (unpaired) electrons. The maximum Gasteiger partial charge on any atom is 0.258 e. The van der Waals surface area contributed by atoms with Crippen LogP contribution in [0.2, 0.25) is 0 Å². The molecule has 2 fully saturated rings. The van der Waals surface area contributed by atoms with Gasteiger partial charge in [0.2, 0.25) is 0 Å². The third-order valence-corrected chi connectivity index (χ3v) is 7.22. The van der Waals surface area contributed by atoms with Gasteiger partial charge in [0.1, 0.15) is 23.1 Å². The molecule has 2 aliphatic rings. The van der Waals surface area contributed by atoms with Crippen LogP contribution in [-0.4, -0.2) is 69.5 Å². The van der Waals surface area contributed by atoms with E-state index in [1.165, 1.54) is 0 Å². The van der Waals surface area contributed by atoms with Gasteiger partial charge in [-0.05, 0) is 56.0 Å². The molecule has 0 unspecified atom stereocenters. The van der Waals surface area contributed by atoms with Crippen molar-refractivity contribution in [3.05, 3.63) is 53.6 Å². The highest BCUT2D eigenvalue weighted by Gasteiger charge is 2.28. The Morgan fingerprint density at radius 1 is 1.00 bits per heavy atom. The van der Waals surface area contributed by atoms with Crippen LogP contribution in [0.4, 0.5) is 5.82 Å². The van der Waals surface area contributed by atoms with Gasteiger partial charge in [-0.1, -0.05) is 0 Å². The fourth-order valence-electron chi connectivity index (χ4n) is 5.23. The summed E-state index contributed by atoms with van der Waals surface area (Å²) in [6, 6.07) is 13.4. The average molecular weight is 506 g/mol. The molecule has 1 aromatic heterocycles. The molecule has 2 saturated heterocycles. The quantitative estimate of drug-likeness (QED) is 0.418. The fourth-order valence-corrected chi connectivity index (χ4v) is 5.23. The SMILES string of the molecule is COc1ccc(C(=O)N(Cc2cc3ccc(OC)cc3nc2N2CCCC2)C[C@H]2CCCO2)c(OC)c1. The van der Waals surface area contributed by atoms with Crippen molar-refractivity contribution in [3.63, 3.8) is 0 Å². The Hall–Kier alpha value is -3.52. The van der Waals surface area contributed by atoms with Crippen molar-refractivity contribution in [1.29, 1.82) is 0 Å². The molecule has 8 nitrogen and oxygen atoms in total. The van der Waals surface area contributed by atoms with Gasteiger partial charge in [-0.2, -0.15) is 0 Å². The third kappa shape index (κ3) is 5.44. The van der Waals surface area contributed by atoms with E-state index in [4.69, 9.17) is 23.9 Å². The highest BCUT2D eigenvalue weighted by Crippen LogP contribution is 2.32. The molecular weight excluding hydrogens is 470 g/mol. The molecule has 8 heteroatoms. The van der Waals surface area contributed by atoms with Crippen LogP contribution in [0.25, 0.3) is 10.9 Å². The van der Waals surface area contributed by atoms with Gasteiger partial charge < -0.3 is 28.7 Å². The molecule has 37 heavy (non-hydrogen) atoms. The largest absolute Gasteiger partial charge is 0.497 e. The van der Waals surface area contributed by atoms with Gasteiger partial charge in [0.05, 0.1) is 38.5 Å². The van der Waals surface area contributed by atoms with Crippen molar-refractivity contribution in [2.45, 2.75) is 38.3 Å². The van der Waals surface area contributed by atoms with Crippen molar-refractivity contribution in [2.24, 2.45) is 0 Å². The Kier molecular flexibility index (Phi) is 7.65. The topological polar surface area (TPSA) is 73.4 Å². The molecule has 196 valence electrons. The van der Waals surface area contributed by atoms with E-state index in [9.17, 15) is 4.79 Å². The van der Waals surface area contributed by atoms with Gasteiger partial charge >= 0.3 is 0 Å². The van der Waals surface area contributed by atoms with E-state index in [0.717, 1.165) is 73.4 Å². The Balaban J connectivity index is 1.54. The predicted molar refractivity (Wildman–Crippen MR) is 143 cm³/mol. The van der Waals surface area contributed by atoms with Crippen LogP contribution in [0.1, 0.15) is 41.6 Å². The number of aromatic nitrogens is 1. The molecule has 5 rings (SSSR count). The molecule has 0 spiro atoms. The molecule has 0 bridgehead atoms. The number of amides is 1. The zero-order valence-corrected chi connectivity index (χ0v) is 21.9. The van der Waals surface area contributed by atoms with E-state index >= 15 is 0 Å². The molecular formula is C29H35N3O5. The monoisotopic (exact) mass is 505 g/mol. The van der Waals surface area contributed by atoms with Crippen molar-refractivity contribution in [2.75, 3.05) is 52.5 Å². The second kappa shape index (κ2) is 11.3. The number of anilines is 1. The second-order valence-corrected chi connectivity index (χ2v) is 9.61. The third-order valence-electron chi connectivity index (χ3n) is 7.22. The summed E-state index contributed by atoms with van der Waals surface area (Å²) in [5, 5.41) is 1.02. The zero-order chi connectivity index (χ0) is 25.8. The number of ether oxygens (including phenoxy) is 4. The summed E-state index contributed by atoms with van der Waals surface area (Å²) in [5.41, 5.74) is 2.42. The highest BCUT2D eigenvalue weighted by atomic mass is 16.5. The molecule has 1 amide bonds. The lowest BCUT2D eigenvalue weighted by Crippen LogP contribution is -2.37. The summed E-state index contributed by atoms with van der Waals surface area (Å²) in [4.78, 5) is 23.3. The maximum absolute atomic E-state index is 14.0. The summed E-state index contributed by atoms with van der Waals surface area (Å²) in [5.74, 6) is 2.75. The molecule has 3 heterocycles. The molecule has 1 atom stereocenters. The Labute approximate surface area is 218 Å². The molecule has 0 N–H and O–H groups in total. The smallest absolute Gasteiger partial charge is 0.258 e. The average Bonchev–Trinajstić information content (AvgIpc) is 3.66. The standard InChI is InChI=1S/C29H35N3O5/c1-34-22-9-8-20-15-21(28(30-26(20)16-22)31-12-4-5-13-31)18-32(19-24-7-6-14-37-24)29(33)25-11-10-23(35-2)17-27(25)36-3/h8-11,15-17,24H,4-7,12-14,18-19H2,1-3H3/t24-/m1/s1. The lowest BCUT2D eigenvalue weighted by molar-refractivity contribution is 0.0505. The number of carbonyl (C=O) groups is 1. The van der Waals surface area contributed by atoms with Crippen LogP contribution >= 0.6 is 0 Å². The summed E-state index contributed by atoms with van der Waals surface area (Å²) in [6.45, 7) is 3.59. The van der Waals surface area contributed by atoms with Gasteiger partial charge in [-0.15, -0.1) is 0 Å². The van der Waals surface area contributed by atoms with Crippen molar-refractivity contribution >= 4 is 22.6 Å².